The van der Waals surface area contributed by atoms with E-state index in [-0.39, 0.29) is 0 Å². The molecule has 0 N–H and O–H groups in total. The zero-order chi connectivity index (χ0) is 21.6. The molecule has 0 amide bonds. The second kappa shape index (κ2) is 7.85. The molecular weight excluding hydrogens is 516 g/mol. The summed E-state index contributed by atoms with van der Waals surface area (Å²) in [5, 5.41) is 0. The van der Waals surface area contributed by atoms with Gasteiger partial charge in [-0.05, 0) is 81.9 Å². The van der Waals surface area contributed by atoms with Gasteiger partial charge in [-0.1, -0.05) is 68.3 Å². The van der Waals surface area contributed by atoms with Crippen LogP contribution in [0.1, 0.15) is 22.3 Å². The molecule has 4 aromatic rings. The molecule has 0 radical (unpaired) electrons. The largest absolute Gasteiger partial charge is 0.497 e. The average Bonchev–Trinajstić information content (AvgIpc) is 3.08. The SMILES string of the molecule is COc1ccc(C2(c3ccc(OC)cc3)c3cc(Br)ccc3-c3ccc(Br)cc32)cc1. The Balaban J connectivity index is 1.91. The highest BCUT2D eigenvalue weighted by molar-refractivity contribution is 9.10. The zero-order valence-electron chi connectivity index (χ0n) is 17.2. The van der Waals surface area contributed by atoms with Gasteiger partial charge in [0.05, 0.1) is 19.6 Å². The van der Waals surface area contributed by atoms with E-state index in [0.29, 0.717) is 0 Å². The van der Waals surface area contributed by atoms with Crippen LogP contribution in [0.3, 0.4) is 0 Å². The molecule has 0 atom stereocenters. The van der Waals surface area contributed by atoms with Gasteiger partial charge in [-0.2, -0.15) is 0 Å². The molecule has 0 saturated carbocycles. The van der Waals surface area contributed by atoms with Gasteiger partial charge < -0.3 is 9.47 Å². The highest BCUT2D eigenvalue weighted by Crippen LogP contribution is 2.57. The van der Waals surface area contributed by atoms with Crippen LogP contribution in [0.15, 0.2) is 93.9 Å². The topological polar surface area (TPSA) is 18.5 Å². The fraction of sp³-hybridized carbons (Fsp3) is 0.111. The molecule has 154 valence electrons. The molecule has 0 spiro atoms. The predicted octanol–water partition coefficient (Wildman–Crippen LogP) is 7.59. The fourth-order valence-corrected chi connectivity index (χ4v) is 5.46. The number of halogens is 2. The van der Waals surface area contributed by atoms with Crippen LogP contribution in [0, 0.1) is 0 Å². The normalized spacial score (nSPS) is 13.4. The lowest BCUT2D eigenvalue weighted by atomic mass is 9.67. The molecule has 4 heteroatoms. The van der Waals surface area contributed by atoms with Gasteiger partial charge in [-0.25, -0.2) is 0 Å². The first-order valence-electron chi connectivity index (χ1n) is 9.97. The van der Waals surface area contributed by atoms with E-state index in [0.717, 1.165) is 20.4 Å². The molecule has 1 aliphatic rings. The summed E-state index contributed by atoms with van der Waals surface area (Å²) in [6.45, 7) is 0. The van der Waals surface area contributed by atoms with Crippen molar-refractivity contribution in [1.29, 1.82) is 0 Å². The van der Waals surface area contributed by atoms with E-state index in [2.05, 4.69) is 92.5 Å². The van der Waals surface area contributed by atoms with Crippen molar-refractivity contribution in [2.75, 3.05) is 14.2 Å². The molecule has 2 nitrogen and oxygen atoms in total. The maximum absolute atomic E-state index is 5.45. The highest BCUT2D eigenvalue weighted by atomic mass is 79.9. The molecule has 5 rings (SSSR count). The van der Waals surface area contributed by atoms with Crippen LogP contribution in [-0.4, -0.2) is 14.2 Å². The van der Waals surface area contributed by atoms with Crippen molar-refractivity contribution in [1.82, 2.24) is 0 Å². The first kappa shape index (κ1) is 20.3. The third kappa shape index (κ3) is 3.12. The third-order valence-corrected chi connectivity index (χ3v) is 7.09. The minimum Gasteiger partial charge on any atom is -0.497 e. The summed E-state index contributed by atoms with van der Waals surface area (Å²) < 4.78 is 13.0. The summed E-state index contributed by atoms with van der Waals surface area (Å²) >= 11 is 7.43. The number of hydrogen-bond acceptors (Lipinski definition) is 2. The average molecular weight is 536 g/mol. The minimum absolute atomic E-state index is 0.462. The van der Waals surface area contributed by atoms with Crippen molar-refractivity contribution in [2.45, 2.75) is 5.41 Å². The summed E-state index contributed by atoms with van der Waals surface area (Å²) in [6, 6.07) is 30.0. The van der Waals surface area contributed by atoms with E-state index >= 15 is 0 Å². The maximum atomic E-state index is 5.45. The second-order valence-electron chi connectivity index (χ2n) is 7.59. The van der Waals surface area contributed by atoms with Gasteiger partial charge >= 0.3 is 0 Å². The van der Waals surface area contributed by atoms with Crippen molar-refractivity contribution in [3.8, 4) is 22.6 Å². The molecule has 4 aromatic carbocycles. The Bertz CT molecular complexity index is 1160. The number of benzene rings is 4. The Hall–Kier alpha value is -2.56. The number of methoxy groups -OCH3 is 2. The summed E-state index contributed by atoms with van der Waals surface area (Å²) in [5.74, 6) is 1.69. The summed E-state index contributed by atoms with van der Waals surface area (Å²) in [5.41, 5.74) is 6.92. The smallest absolute Gasteiger partial charge is 0.118 e. The van der Waals surface area contributed by atoms with Crippen LogP contribution in [0.5, 0.6) is 11.5 Å². The molecule has 0 saturated heterocycles. The Morgan fingerprint density at radius 3 is 1.29 bits per heavy atom. The number of ether oxygens (including phenoxy) is 2. The van der Waals surface area contributed by atoms with Gasteiger partial charge in [-0.3, -0.25) is 0 Å². The molecule has 0 unspecified atom stereocenters. The monoisotopic (exact) mass is 534 g/mol. The van der Waals surface area contributed by atoms with E-state index in [1.165, 1.54) is 33.4 Å². The van der Waals surface area contributed by atoms with Crippen molar-refractivity contribution in [3.05, 3.63) is 116 Å². The molecule has 31 heavy (non-hydrogen) atoms. The van der Waals surface area contributed by atoms with Crippen LogP contribution in [0.25, 0.3) is 11.1 Å². The summed E-state index contributed by atoms with van der Waals surface area (Å²) in [6.07, 6.45) is 0. The van der Waals surface area contributed by atoms with Crippen LogP contribution in [0.2, 0.25) is 0 Å². The van der Waals surface area contributed by atoms with Crippen LogP contribution < -0.4 is 9.47 Å². The van der Waals surface area contributed by atoms with Crippen molar-refractivity contribution >= 4 is 31.9 Å². The van der Waals surface area contributed by atoms with Gasteiger partial charge in [0.2, 0.25) is 0 Å². The van der Waals surface area contributed by atoms with E-state index in [4.69, 9.17) is 9.47 Å². The standard InChI is InChI=1S/C27H20Br2O2/c1-30-21-9-3-17(4-10-21)27(18-5-11-22(31-2)12-6-18)25-15-19(28)7-13-23(25)24-14-8-20(29)16-26(24)27/h3-16H,1-2H3. The van der Waals surface area contributed by atoms with Crippen molar-refractivity contribution in [3.63, 3.8) is 0 Å². The molecular formula is C27H20Br2O2. The van der Waals surface area contributed by atoms with E-state index in [9.17, 15) is 0 Å². The van der Waals surface area contributed by atoms with Crippen LogP contribution >= 0.6 is 31.9 Å². The lowest BCUT2D eigenvalue weighted by Crippen LogP contribution is -2.28. The van der Waals surface area contributed by atoms with Gasteiger partial charge in [0.1, 0.15) is 11.5 Å². The quantitative estimate of drug-likeness (QED) is 0.236. The van der Waals surface area contributed by atoms with Gasteiger partial charge in [-0.15, -0.1) is 0 Å². The Morgan fingerprint density at radius 2 is 0.935 bits per heavy atom. The lowest BCUT2D eigenvalue weighted by molar-refractivity contribution is 0.414. The van der Waals surface area contributed by atoms with Gasteiger partial charge in [0.15, 0.2) is 0 Å². The van der Waals surface area contributed by atoms with Crippen molar-refractivity contribution < 1.29 is 9.47 Å². The van der Waals surface area contributed by atoms with Gasteiger partial charge in [0, 0.05) is 8.95 Å². The first-order valence-corrected chi connectivity index (χ1v) is 11.6. The maximum Gasteiger partial charge on any atom is 0.118 e. The van der Waals surface area contributed by atoms with Gasteiger partial charge in [0.25, 0.3) is 0 Å². The summed E-state index contributed by atoms with van der Waals surface area (Å²) in [7, 11) is 3.39. The molecule has 0 fully saturated rings. The Morgan fingerprint density at radius 1 is 0.548 bits per heavy atom. The number of hydrogen-bond donors (Lipinski definition) is 0. The van der Waals surface area contributed by atoms with Crippen LogP contribution in [-0.2, 0) is 5.41 Å². The predicted molar refractivity (Wildman–Crippen MR) is 132 cm³/mol. The van der Waals surface area contributed by atoms with E-state index in [1.807, 2.05) is 24.3 Å². The Labute approximate surface area is 199 Å². The number of rotatable bonds is 4. The minimum atomic E-state index is -0.462. The second-order valence-corrected chi connectivity index (χ2v) is 9.42. The Kier molecular flexibility index (Phi) is 5.15. The van der Waals surface area contributed by atoms with E-state index in [1.54, 1.807) is 14.2 Å². The molecule has 0 aromatic heterocycles. The van der Waals surface area contributed by atoms with Crippen LogP contribution in [0.4, 0.5) is 0 Å². The lowest BCUT2D eigenvalue weighted by Gasteiger charge is -2.34. The first-order chi connectivity index (χ1) is 15.1. The molecule has 0 heterocycles. The van der Waals surface area contributed by atoms with Crippen molar-refractivity contribution in [2.24, 2.45) is 0 Å². The highest BCUT2D eigenvalue weighted by Gasteiger charge is 2.46. The van der Waals surface area contributed by atoms with E-state index < -0.39 is 5.41 Å². The molecule has 0 aliphatic heterocycles. The molecule has 1 aliphatic carbocycles. The third-order valence-electron chi connectivity index (χ3n) is 6.11. The fourth-order valence-electron chi connectivity index (χ4n) is 4.74. The molecule has 0 bridgehead atoms. The summed E-state index contributed by atoms with van der Waals surface area (Å²) in [4.78, 5) is 0. The number of fused-ring (bicyclic) bond motifs is 3. The zero-order valence-corrected chi connectivity index (χ0v) is 20.3.